The minimum absolute atomic E-state index is 0.183. The third-order valence-electron chi connectivity index (χ3n) is 5.41. The number of rotatable bonds is 3. The van der Waals surface area contributed by atoms with Crippen LogP contribution >= 0.6 is 0 Å². The molecule has 0 saturated heterocycles. The lowest BCUT2D eigenvalue weighted by molar-refractivity contribution is 0.0939. The van der Waals surface area contributed by atoms with Crippen molar-refractivity contribution < 1.29 is 4.74 Å². The summed E-state index contributed by atoms with van der Waals surface area (Å²) in [5.74, 6) is 9.16. The number of nitrogens with one attached hydrogen (secondary N) is 1. The minimum atomic E-state index is 0.183. The van der Waals surface area contributed by atoms with Crippen LogP contribution in [-0.4, -0.2) is 12.1 Å². The van der Waals surface area contributed by atoms with Gasteiger partial charge in [0.25, 0.3) is 0 Å². The fraction of sp³-hybridized carbons (Fsp3) is 0.647. The van der Waals surface area contributed by atoms with E-state index in [4.69, 9.17) is 10.6 Å². The van der Waals surface area contributed by atoms with Gasteiger partial charge in [-0.1, -0.05) is 38.5 Å². The van der Waals surface area contributed by atoms with Gasteiger partial charge in [-0.05, 0) is 42.2 Å². The molecule has 0 amide bonds. The average molecular weight is 274 g/mol. The molecule has 3 heteroatoms. The molecule has 5 atom stereocenters. The van der Waals surface area contributed by atoms with E-state index in [0.29, 0.717) is 5.92 Å². The lowest BCUT2D eigenvalue weighted by atomic mass is 9.72. The normalized spacial score (nSPS) is 34.4. The van der Waals surface area contributed by atoms with Crippen LogP contribution in [0.3, 0.4) is 0 Å². The Hall–Kier alpha value is -1.06. The van der Waals surface area contributed by atoms with Gasteiger partial charge in [0.05, 0.1) is 6.04 Å². The molecule has 1 heterocycles. The van der Waals surface area contributed by atoms with Gasteiger partial charge in [-0.3, -0.25) is 11.3 Å². The lowest BCUT2D eigenvalue weighted by Gasteiger charge is -2.38. The molecule has 110 valence electrons. The quantitative estimate of drug-likeness (QED) is 0.658. The SMILES string of the molecule is CC1CCC(C(NN)C2Cc3ccccc3O2)CC1C. The largest absolute Gasteiger partial charge is 0.488 e. The lowest BCUT2D eigenvalue weighted by Crippen LogP contribution is -2.52. The van der Waals surface area contributed by atoms with E-state index in [-0.39, 0.29) is 12.1 Å². The summed E-state index contributed by atoms with van der Waals surface area (Å²) in [7, 11) is 0. The molecule has 0 spiro atoms. The summed E-state index contributed by atoms with van der Waals surface area (Å²) >= 11 is 0. The van der Waals surface area contributed by atoms with E-state index in [9.17, 15) is 0 Å². The highest BCUT2D eigenvalue weighted by molar-refractivity contribution is 5.37. The molecular formula is C17H26N2O. The molecule has 1 aromatic carbocycles. The standard InChI is InChI=1S/C17H26N2O/c1-11-7-8-14(9-12(11)2)17(19-18)16-10-13-5-3-4-6-15(13)20-16/h3-6,11-12,14,16-17,19H,7-10,18H2,1-2H3. The van der Waals surface area contributed by atoms with Gasteiger partial charge in [0.2, 0.25) is 0 Å². The average Bonchev–Trinajstić information content (AvgIpc) is 2.87. The first-order valence-electron chi connectivity index (χ1n) is 7.89. The molecule has 5 unspecified atom stereocenters. The zero-order valence-electron chi connectivity index (χ0n) is 12.5. The molecule has 1 aromatic rings. The first kappa shape index (κ1) is 13.9. The minimum Gasteiger partial charge on any atom is -0.488 e. The van der Waals surface area contributed by atoms with Crippen LogP contribution in [0.15, 0.2) is 24.3 Å². The maximum Gasteiger partial charge on any atom is 0.123 e. The Morgan fingerprint density at radius 3 is 2.70 bits per heavy atom. The Morgan fingerprint density at radius 2 is 2.00 bits per heavy atom. The van der Waals surface area contributed by atoms with Crippen LogP contribution < -0.4 is 16.0 Å². The molecule has 0 radical (unpaired) electrons. The Kier molecular flexibility index (Phi) is 3.99. The van der Waals surface area contributed by atoms with Gasteiger partial charge >= 0.3 is 0 Å². The third kappa shape index (κ3) is 2.57. The highest BCUT2D eigenvalue weighted by atomic mass is 16.5. The molecule has 3 N–H and O–H groups in total. The molecule has 0 aromatic heterocycles. The summed E-state index contributed by atoms with van der Waals surface area (Å²) in [6.45, 7) is 4.74. The maximum absolute atomic E-state index is 6.13. The van der Waals surface area contributed by atoms with Crippen LogP contribution in [0.4, 0.5) is 0 Å². The number of fused-ring (bicyclic) bond motifs is 1. The van der Waals surface area contributed by atoms with Gasteiger partial charge < -0.3 is 4.74 Å². The van der Waals surface area contributed by atoms with E-state index < -0.39 is 0 Å². The van der Waals surface area contributed by atoms with E-state index in [1.165, 1.54) is 24.8 Å². The van der Waals surface area contributed by atoms with E-state index in [2.05, 4.69) is 37.5 Å². The van der Waals surface area contributed by atoms with E-state index in [1.54, 1.807) is 0 Å². The predicted octanol–water partition coefficient (Wildman–Crippen LogP) is 2.89. The summed E-state index contributed by atoms with van der Waals surface area (Å²) in [6, 6.07) is 8.61. The van der Waals surface area contributed by atoms with Crippen LogP contribution in [-0.2, 0) is 6.42 Å². The number of nitrogens with two attached hydrogens (primary N) is 1. The van der Waals surface area contributed by atoms with Gasteiger partial charge in [-0.15, -0.1) is 0 Å². The summed E-state index contributed by atoms with van der Waals surface area (Å²) in [5, 5.41) is 0. The van der Waals surface area contributed by atoms with Gasteiger partial charge in [0.15, 0.2) is 0 Å². The second-order valence-electron chi connectivity index (χ2n) is 6.69. The molecule has 1 fully saturated rings. The fourth-order valence-electron chi connectivity index (χ4n) is 3.87. The molecule has 0 bridgehead atoms. The van der Waals surface area contributed by atoms with Crippen molar-refractivity contribution in [2.24, 2.45) is 23.6 Å². The molecule has 1 aliphatic carbocycles. The summed E-state index contributed by atoms with van der Waals surface area (Å²) < 4.78 is 6.13. The summed E-state index contributed by atoms with van der Waals surface area (Å²) in [6.07, 6.45) is 4.99. The number of ether oxygens (including phenoxy) is 1. The van der Waals surface area contributed by atoms with Crippen molar-refractivity contribution >= 4 is 0 Å². The first-order valence-corrected chi connectivity index (χ1v) is 7.89. The third-order valence-corrected chi connectivity index (χ3v) is 5.41. The van der Waals surface area contributed by atoms with Crippen molar-refractivity contribution in [3.8, 4) is 5.75 Å². The number of hydrazine groups is 1. The van der Waals surface area contributed by atoms with Crippen molar-refractivity contribution in [3.05, 3.63) is 29.8 Å². The zero-order chi connectivity index (χ0) is 14.1. The molecular weight excluding hydrogens is 248 g/mol. The number of hydrogen-bond donors (Lipinski definition) is 2. The number of hydrogen-bond acceptors (Lipinski definition) is 3. The van der Waals surface area contributed by atoms with Crippen LogP contribution in [0.25, 0.3) is 0 Å². The smallest absolute Gasteiger partial charge is 0.123 e. The Bertz CT molecular complexity index is 437. The number of benzene rings is 1. The van der Waals surface area contributed by atoms with Crippen LogP contribution in [0.2, 0.25) is 0 Å². The summed E-state index contributed by atoms with van der Waals surface area (Å²) in [5.41, 5.74) is 4.37. The number of para-hydroxylation sites is 1. The Labute approximate surface area is 121 Å². The monoisotopic (exact) mass is 274 g/mol. The Morgan fingerprint density at radius 1 is 1.20 bits per heavy atom. The van der Waals surface area contributed by atoms with Crippen LogP contribution in [0.5, 0.6) is 5.75 Å². The fourth-order valence-corrected chi connectivity index (χ4v) is 3.87. The van der Waals surface area contributed by atoms with Crippen molar-refractivity contribution in [3.63, 3.8) is 0 Å². The second kappa shape index (κ2) is 5.74. The maximum atomic E-state index is 6.13. The van der Waals surface area contributed by atoms with Gasteiger partial charge in [0, 0.05) is 6.42 Å². The molecule has 3 nitrogen and oxygen atoms in total. The van der Waals surface area contributed by atoms with E-state index in [1.807, 2.05) is 6.07 Å². The molecule has 1 saturated carbocycles. The van der Waals surface area contributed by atoms with Gasteiger partial charge in [0.1, 0.15) is 11.9 Å². The molecule has 1 aliphatic heterocycles. The van der Waals surface area contributed by atoms with Crippen molar-refractivity contribution in [2.75, 3.05) is 0 Å². The highest BCUT2D eigenvalue weighted by Crippen LogP contribution is 2.38. The zero-order valence-corrected chi connectivity index (χ0v) is 12.5. The molecule has 3 rings (SSSR count). The van der Waals surface area contributed by atoms with Crippen molar-refractivity contribution in [2.45, 2.75) is 51.7 Å². The van der Waals surface area contributed by atoms with E-state index in [0.717, 1.165) is 24.0 Å². The Balaban J connectivity index is 1.69. The van der Waals surface area contributed by atoms with Gasteiger partial charge in [-0.25, -0.2) is 0 Å². The molecule has 20 heavy (non-hydrogen) atoms. The van der Waals surface area contributed by atoms with Crippen LogP contribution in [0.1, 0.15) is 38.7 Å². The predicted molar refractivity (Wildman–Crippen MR) is 81.3 cm³/mol. The first-order chi connectivity index (χ1) is 9.69. The highest BCUT2D eigenvalue weighted by Gasteiger charge is 2.37. The second-order valence-corrected chi connectivity index (χ2v) is 6.69. The van der Waals surface area contributed by atoms with Gasteiger partial charge in [-0.2, -0.15) is 0 Å². The van der Waals surface area contributed by atoms with Crippen molar-refractivity contribution in [1.82, 2.24) is 5.43 Å². The summed E-state index contributed by atoms with van der Waals surface area (Å²) in [4.78, 5) is 0. The topological polar surface area (TPSA) is 47.3 Å². The molecule has 2 aliphatic rings. The van der Waals surface area contributed by atoms with Crippen LogP contribution in [0, 0.1) is 17.8 Å². The van der Waals surface area contributed by atoms with Crippen molar-refractivity contribution in [1.29, 1.82) is 0 Å². The van der Waals surface area contributed by atoms with E-state index >= 15 is 0 Å².